The number of hydrogen-bond acceptors (Lipinski definition) is 5. The van der Waals surface area contributed by atoms with Crippen LogP contribution in [0.3, 0.4) is 0 Å². The largest absolute Gasteiger partial charge is 0.503 e. The van der Waals surface area contributed by atoms with Crippen LogP contribution >= 0.6 is 27.3 Å². The molecule has 0 unspecified atom stereocenters. The highest BCUT2D eigenvalue weighted by Gasteiger charge is 2.23. The molecule has 0 spiro atoms. The van der Waals surface area contributed by atoms with Gasteiger partial charge in [0, 0.05) is 11.4 Å². The quantitative estimate of drug-likeness (QED) is 0.621. The fourth-order valence-corrected chi connectivity index (χ4v) is 4.88. The SMILES string of the molecule is CCOc1cc(C=C2CCn3c2nc2sc(C)c(C)c2c3=O)cc(Br)c1O. The zero-order valence-corrected chi connectivity index (χ0v) is 17.7. The molecule has 0 atom stereocenters. The van der Waals surface area contributed by atoms with Crippen molar-refractivity contribution in [3.05, 3.63) is 48.8 Å². The fraction of sp³-hybridized carbons (Fsp3) is 0.300. The first-order valence-corrected chi connectivity index (χ1v) is 10.4. The highest BCUT2D eigenvalue weighted by molar-refractivity contribution is 9.10. The van der Waals surface area contributed by atoms with E-state index in [9.17, 15) is 9.90 Å². The van der Waals surface area contributed by atoms with Crippen LogP contribution in [0.2, 0.25) is 0 Å². The smallest absolute Gasteiger partial charge is 0.262 e. The highest BCUT2D eigenvalue weighted by Crippen LogP contribution is 2.38. The molecule has 140 valence electrons. The average Bonchev–Trinajstić information content (AvgIpc) is 3.14. The molecule has 0 saturated heterocycles. The van der Waals surface area contributed by atoms with E-state index in [0.29, 0.717) is 23.4 Å². The number of rotatable bonds is 3. The molecule has 0 fully saturated rings. The van der Waals surface area contributed by atoms with Gasteiger partial charge < -0.3 is 9.84 Å². The summed E-state index contributed by atoms with van der Waals surface area (Å²) in [5, 5.41) is 10.8. The summed E-state index contributed by atoms with van der Waals surface area (Å²) in [6.07, 6.45) is 2.76. The number of ether oxygens (including phenoxy) is 1. The lowest BCUT2D eigenvalue weighted by Crippen LogP contribution is -2.20. The molecule has 1 aliphatic heterocycles. The topological polar surface area (TPSA) is 64.4 Å². The van der Waals surface area contributed by atoms with Crippen molar-refractivity contribution >= 4 is 49.1 Å². The standard InChI is InChI=1S/C20H19BrN2O3S/c1-4-26-15-9-12(8-14(21)17(15)24)7-13-5-6-23-18(13)22-19-16(20(23)25)10(2)11(3)27-19/h7-9,24H,4-6H2,1-3H3. The lowest BCUT2D eigenvalue weighted by molar-refractivity contribution is 0.317. The van der Waals surface area contributed by atoms with Crippen LogP contribution in [0.1, 0.15) is 35.2 Å². The van der Waals surface area contributed by atoms with Gasteiger partial charge in [-0.15, -0.1) is 11.3 Å². The number of allylic oxidation sites excluding steroid dienone is 1. The summed E-state index contributed by atoms with van der Waals surface area (Å²) >= 11 is 4.94. The predicted octanol–water partition coefficient (Wildman–Crippen LogP) is 4.89. The molecule has 5 nitrogen and oxygen atoms in total. The molecule has 1 aromatic carbocycles. The number of phenols is 1. The van der Waals surface area contributed by atoms with Crippen molar-refractivity contribution < 1.29 is 9.84 Å². The van der Waals surface area contributed by atoms with Gasteiger partial charge in [0.15, 0.2) is 11.5 Å². The minimum atomic E-state index is 0.0437. The maximum absolute atomic E-state index is 12.9. The molecule has 27 heavy (non-hydrogen) atoms. The van der Waals surface area contributed by atoms with Gasteiger partial charge in [-0.2, -0.15) is 0 Å². The first-order chi connectivity index (χ1) is 12.9. The molecule has 3 aromatic rings. The van der Waals surface area contributed by atoms with Gasteiger partial charge in [-0.1, -0.05) is 0 Å². The maximum atomic E-state index is 12.9. The summed E-state index contributed by atoms with van der Waals surface area (Å²) < 4.78 is 7.85. The van der Waals surface area contributed by atoms with Gasteiger partial charge in [-0.25, -0.2) is 4.98 Å². The molecule has 0 amide bonds. The zero-order chi connectivity index (χ0) is 19.3. The van der Waals surface area contributed by atoms with Crippen molar-refractivity contribution in [2.75, 3.05) is 6.61 Å². The van der Waals surface area contributed by atoms with E-state index in [1.807, 2.05) is 32.9 Å². The van der Waals surface area contributed by atoms with Crippen LogP contribution in [0, 0.1) is 13.8 Å². The Kier molecular flexibility index (Phi) is 4.60. The van der Waals surface area contributed by atoms with Crippen LogP contribution in [-0.2, 0) is 6.54 Å². The number of hydrogen-bond donors (Lipinski definition) is 1. The molecule has 4 rings (SSSR count). The van der Waals surface area contributed by atoms with Crippen molar-refractivity contribution in [2.24, 2.45) is 0 Å². The third-order valence-electron chi connectivity index (χ3n) is 4.87. The van der Waals surface area contributed by atoms with E-state index < -0.39 is 0 Å². The summed E-state index contributed by atoms with van der Waals surface area (Å²) in [5.74, 6) is 1.25. The fourth-order valence-electron chi connectivity index (χ4n) is 3.40. The number of halogens is 1. The van der Waals surface area contributed by atoms with Gasteiger partial charge in [0.25, 0.3) is 5.56 Å². The molecule has 0 bridgehead atoms. The molecular formula is C20H19BrN2O3S. The van der Waals surface area contributed by atoms with Crippen molar-refractivity contribution in [1.82, 2.24) is 9.55 Å². The molecule has 1 aliphatic rings. The Morgan fingerprint density at radius 1 is 1.41 bits per heavy atom. The molecule has 0 aliphatic carbocycles. The van der Waals surface area contributed by atoms with Crippen LogP contribution in [0.25, 0.3) is 21.9 Å². The number of aromatic hydroxyl groups is 1. The number of aromatic nitrogens is 2. The van der Waals surface area contributed by atoms with Crippen molar-refractivity contribution in [2.45, 2.75) is 33.7 Å². The van der Waals surface area contributed by atoms with E-state index in [1.165, 1.54) is 0 Å². The van der Waals surface area contributed by atoms with Crippen molar-refractivity contribution in [1.29, 1.82) is 0 Å². The van der Waals surface area contributed by atoms with Gasteiger partial charge in [0.1, 0.15) is 10.7 Å². The second-order valence-electron chi connectivity index (χ2n) is 6.56. The monoisotopic (exact) mass is 446 g/mol. The maximum Gasteiger partial charge on any atom is 0.262 e. The Labute approximate surface area is 169 Å². The Balaban J connectivity index is 1.85. The first kappa shape index (κ1) is 18.3. The molecule has 0 saturated carbocycles. The number of benzene rings is 1. The summed E-state index contributed by atoms with van der Waals surface area (Å²) in [4.78, 5) is 19.7. The summed E-state index contributed by atoms with van der Waals surface area (Å²) in [5.41, 5.74) is 2.98. The Hall–Kier alpha value is -2.12. The molecular weight excluding hydrogens is 428 g/mol. The second kappa shape index (κ2) is 6.80. The third-order valence-corrected chi connectivity index (χ3v) is 6.58. The third kappa shape index (κ3) is 2.99. The zero-order valence-electron chi connectivity index (χ0n) is 15.3. The van der Waals surface area contributed by atoms with Crippen molar-refractivity contribution in [3.63, 3.8) is 0 Å². The second-order valence-corrected chi connectivity index (χ2v) is 8.62. The van der Waals surface area contributed by atoms with Crippen LogP contribution in [0.15, 0.2) is 21.4 Å². The number of aryl methyl sites for hydroxylation is 2. The summed E-state index contributed by atoms with van der Waals surface area (Å²) in [7, 11) is 0. The lowest BCUT2D eigenvalue weighted by atomic mass is 10.1. The van der Waals surface area contributed by atoms with E-state index in [4.69, 9.17) is 9.72 Å². The van der Waals surface area contributed by atoms with E-state index in [2.05, 4.69) is 15.9 Å². The van der Waals surface area contributed by atoms with Gasteiger partial charge in [-0.05, 0) is 78.0 Å². The Morgan fingerprint density at radius 2 is 2.19 bits per heavy atom. The molecule has 7 heteroatoms. The number of nitrogens with zero attached hydrogens (tertiary/aromatic N) is 2. The van der Waals surface area contributed by atoms with Crippen LogP contribution < -0.4 is 10.3 Å². The minimum absolute atomic E-state index is 0.0437. The number of thiophene rings is 1. The molecule has 1 N–H and O–H groups in total. The summed E-state index contributed by atoms with van der Waals surface area (Å²) in [6, 6.07) is 3.64. The van der Waals surface area contributed by atoms with Gasteiger partial charge >= 0.3 is 0 Å². The van der Waals surface area contributed by atoms with Gasteiger partial charge in [0.05, 0.1) is 16.5 Å². The average molecular weight is 447 g/mol. The number of phenolic OH excluding ortho intramolecular Hbond substituents is 1. The predicted molar refractivity (Wildman–Crippen MR) is 113 cm³/mol. The normalized spacial score (nSPS) is 14.9. The lowest BCUT2D eigenvalue weighted by Gasteiger charge is -2.09. The van der Waals surface area contributed by atoms with E-state index >= 15 is 0 Å². The first-order valence-electron chi connectivity index (χ1n) is 8.77. The Morgan fingerprint density at radius 3 is 2.93 bits per heavy atom. The molecule has 0 radical (unpaired) electrons. The number of fused-ring (bicyclic) bond motifs is 2. The van der Waals surface area contributed by atoms with Gasteiger partial charge in [0.2, 0.25) is 0 Å². The van der Waals surface area contributed by atoms with Crippen LogP contribution in [0.5, 0.6) is 11.5 Å². The summed E-state index contributed by atoms with van der Waals surface area (Å²) in [6.45, 7) is 6.98. The minimum Gasteiger partial charge on any atom is -0.503 e. The molecule has 3 heterocycles. The Bertz CT molecular complexity index is 1160. The van der Waals surface area contributed by atoms with E-state index in [0.717, 1.165) is 44.0 Å². The van der Waals surface area contributed by atoms with Crippen molar-refractivity contribution in [3.8, 4) is 11.5 Å². The highest BCUT2D eigenvalue weighted by atomic mass is 79.9. The molecule has 2 aromatic heterocycles. The van der Waals surface area contributed by atoms with E-state index in [-0.39, 0.29) is 11.3 Å². The van der Waals surface area contributed by atoms with Crippen LogP contribution in [0.4, 0.5) is 0 Å². The van der Waals surface area contributed by atoms with Crippen LogP contribution in [-0.4, -0.2) is 21.3 Å². The van der Waals surface area contributed by atoms with Gasteiger partial charge in [-0.3, -0.25) is 9.36 Å². The van der Waals surface area contributed by atoms with E-state index in [1.54, 1.807) is 22.0 Å².